The van der Waals surface area contributed by atoms with Gasteiger partial charge in [-0.1, -0.05) is 116 Å². The minimum Gasteiger partial charge on any atom is -0.280 e. The number of rotatable bonds is 6. The summed E-state index contributed by atoms with van der Waals surface area (Å²) in [6.07, 6.45) is 2.43. The molecule has 0 spiro atoms. The molecule has 1 aliphatic heterocycles. The number of nitrogens with zero attached hydrogens (tertiary/aromatic N) is 4. The summed E-state index contributed by atoms with van der Waals surface area (Å²) in [6.45, 7) is 2.04. The molecule has 6 heteroatoms. The summed E-state index contributed by atoms with van der Waals surface area (Å²) in [6, 6.07) is 36.4. The molecular weight excluding hydrogens is 500 g/mol. The average Bonchev–Trinajstić information content (AvgIpc) is 3.17. The summed E-state index contributed by atoms with van der Waals surface area (Å²) < 4.78 is 0. The van der Waals surface area contributed by atoms with E-state index in [-0.39, 0.29) is 11.2 Å². The Bertz CT molecular complexity index is 1560. The Kier molecular flexibility index (Phi) is 7.19. The number of benzene rings is 4. The van der Waals surface area contributed by atoms with E-state index in [1.807, 2.05) is 109 Å². The van der Waals surface area contributed by atoms with Gasteiger partial charge in [0, 0.05) is 11.1 Å². The van der Waals surface area contributed by atoms with Crippen molar-refractivity contribution in [2.75, 3.05) is 4.90 Å². The smallest absolute Gasteiger partial charge is 0.245 e. The minimum atomic E-state index is -0.378. The third-order valence-electron chi connectivity index (χ3n) is 7.00. The van der Waals surface area contributed by atoms with E-state index in [1.54, 1.807) is 0 Å². The molecule has 0 bridgehead atoms. The highest BCUT2D eigenvalue weighted by atomic mass is 32.2. The normalized spacial score (nSPS) is 13.2. The lowest BCUT2D eigenvalue weighted by Crippen LogP contribution is -2.34. The molecule has 1 atom stereocenters. The molecular formula is C33H28N4OS. The molecule has 4 aromatic carbocycles. The summed E-state index contributed by atoms with van der Waals surface area (Å²) in [5.74, 6) is 0.0290. The van der Waals surface area contributed by atoms with Crippen molar-refractivity contribution in [3.8, 4) is 22.5 Å². The highest BCUT2D eigenvalue weighted by molar-refractivity contribution is 8.00. The first kappa shape index (κ1) is 25.0. The maximum Gasteiger partial charge on any atom is 0.245 e. The van der Waals surface area contributed by atoms with Gasteiger partial charge in [0.2, 0.25) is 11.1 Å². The fourth-order valence-electron chi connectivity index (χ4n) is 5.05. The van der Waals surface area contributed by atoms with Gasteiger partial charge in [0.25, 0.3) is 0 Å². The van der Waals surface area contributed by atoms with Crippen molar-refractivity contribution in [3.63, 3.8) is 0 Å². The number of anilines is 2. The van der Waals surface area contributed by atoms with E-state index < -0.39 is 0 Å². The summed E-state index contributed by atoms with van der Waals surface area (Å²) >= 11 is 1.38. The Labute approximate surface area is 233 Å². The van der Waals surface area contributed by atoms with E-state index in [2.05, 4.69) is 22.3 Å². The van der Waals surface area contributed by atoms with Gasteiger partial charge >= 0.3 is 0 Å². The van der Waals surface area contributed by atoms with Crippen LogP contribution in [0.1, 0.15) is 24.5 Å². The Morgan fingerprint density at radius 3 is 1.79 bits per heavy atom. The van der Waals surface area contributed by atoms with E-state index >= 15 is 0 Å². The van der Waals surface area contributed by atoms with Crippen molar-refractivity contribution in [1.82, 2.24) is 15.2 Å². The third-order valence-corrected chi connectivity index (χ3v) is 8.21. The Hall–Kier alpha value is -4.29. The maximum atomic E-state index is 14.3. The number of aromatic nitrogens is 3. The van der Waals surface area contributed by atoms with Crippen molar-refractivity contribution in [2.45, 2.75) is 36.6 Å². The van der Waals surface area contributed by atoms with Crippen LogP contribution in [0.25, 0.3) is 22.5 Å². The number of hydrogen-bond acceptors (Lipinski definition) is 5. The molecule has 1 amide bonds. The predicted molar refractivity (Wildman–Crippen MR) is 158 cm³/mol. The van der Waals surface area contributed by atoms with Crippen LogP contribution in [0.4, 0.5) is 11.4 Å². The van der Waals surface area contributed by atoms with Crippen molar-refractivity contribution >= 4 is 29.0 Å². The van der Waals surface area contributed by atoms with Gasteiger partial charge in [0.05, 0.1) is 16.6 Å². The summed E-state index contributed by atoms with van der Waals surface area (Å²) in [4.78, 5) is 21.2. The first-order chi connectivity index (χ1) is 19.2. The molecule has 1 aliphatic rings. The molecule has 39 heavy (non-hydrogen) atoms. The molecule has 0 saturated carbocycles. The molecule has 1 aromatic heterocycles. The molecule has 0 N–H and O–H groups in total. The van der Waals surface area contributed by atoms with Gasteiger partial charge in [0.1, 0.15) is 11.4 Å². The second kappa shape index (κ2) is 11.2. The van der Waals surface area contributed by atoms with Crippen LogP contribution in [0.15, 0.2) is 114 Å². The zero-order valence-corrected chi connectivity index (χ0v) is 22.5. The number of carbonyl (C=O) groups excluding carboxylic acids is 1. The second-order valence-corrected chi connectivity index (χ2v) is 10.6. The molecule has 0 fully saturated rings. The zero-order valence-electron chi connectivity index (χ0n) is 21.7. The first-order valence-electron chi connectivity index (χ1n) is 13.2. The van der Waals surface area contributed by atoms with E-state index in [9.17, 15) is 4.79 Å². The quantitative estimate of drug-likeness (QED) is 0.213. The summed E-state index contributed by atoms with van der Waals surface area (Å²) in [7, 11) is 0. The lowest BCUT2D eigenvalue weighted by Gasteiger charge is -2.28. The van der Waals surface area contributed by atoms with Crippen LogP contribution < -0.4 is 4.90 Å². The maximum absolute atomic E-state index is 14.3. The van der Waals surface area contributed by atoms with Crippen LogP contribution in [0, 0.1) is 0 Å². The summed E-state index contributed by atoms with van der Waals surface area (Å²) in [5, 5.41) is 9.22. The molecule has 5 aromatic rings. The Morgan fingerprint density at radius 1 is 0.718 bits per heavy atom. The van der Waals surface area contributed by atoms with Crippen molar-refractivity contribution in [1.29, 1.82) is 0 Å². The fraction of sp³-hybridized carbons (Fsp3) is 0.152. The molecule has 0 saturated heterocycles. The van der Waals surface area contributed by atoms with Gasteiger partial charge in [-0.15, -0.1) is 10.2 Å². The Morgan fingerprint density at radius 2 is 1.23 bits per heavy atom. The SMILES string of the molecule is CCC(Sc1nnc(-c2ccccc2)c(-c2ccccc2)n1)C(=O)N1c2ccccc2CCc2ccccc21. The molecule has 0 aliphatic carbocycles. The molecule has 5 nitrogen and oxygen atoms in total. The topological polar surface area (TPSA) is 59.0 Å². The van der Waals surface area contributed by atoms with Crippen LogP contribution in [-0.2, 0) is 17.6 Å². The fourth-order valence-corrected chi connectivity index (χ4v) is 5.90. The van der Waals surface area contributed by atoms with Crippen molar-refractivity contribution < 1.29 is 4.79 Å². The Balaban J connectivity index is 1.38. The van der Waals surface area contributed by atoms with Gasteiger partial charge in [0.15, 0.2) is 0 Å². The van der Waals surface area contributed by atoms with E-state index in [0.29, 0.717) is 11.6 Å². The molecule has 2 heterocycles. The number of para-hydroxylation sites is 2. The molecule has 1 unspecified atom stereocenters. The number of aryl methyl sites for hydroxylation is 2. The largest absolute Gasteiger partial charge is 0.280 e. The monoisotopic (exact) mass is 528 g/mol. The van der Waals surface area contributed by atoms with Crippen LogP contribution in [0.2, 0.25) is 0 Å². The minimum absolute atomic E-state index is 0.0290. The van der Waals surface area contributed by atoms with Gasteiger partial charge in [-0.3, -0.25) is 9.69 Å². The van der Waals surface area contributed by atoms with Crippen molar-refractivity contribution in [3.05, 3.63) is 120 Å². The number of amides is 1. The van der Waals surface area contributed by atoms with Gasteiger partial charge in [-0.25, -0.2) is 4.98 Å². The standard InChI is InChI=1S/C33H28N4OS/c1-2-29(32(38)37-27-19-11-9-13-23(27)21-22-24-14-10-12-20-28(24)37)39-33-34-30(25-15-5-3-6-16-25)31(35-36-33)26-17-7-4-8-18-26/h3-20,29H,2,21-22H2,1H3. The predicted octanol–water partition coefficient (Wildman–Crippen LogP) is 7.54. The second-order valence-electron chi connectivity index (χ2n) is 9.47. The third kappa shape index (κ3) is 5.08. The van der Waals surface area contributed by atoms with Gasteiger partial charge in [-0.2, -0.15) is 0 Å². The molecule has 192 valence electrons. The highest BCUT2D eigenvalue weighted by Crippen LogP contribution is 2.39. The van der Waals surface area contributed by atoms with Crippen LogP contribution in [0.5, 0.6) is 0 Å². The van der Waals surface area contributed by atoms with E-state index in [0.717, 1.165) is 46.7 Å². The number of carbonyl (C=O) groups is 1. The zero-order chi connectivity index (χ0) is 26.6. The first-order valence-corrected chi connectivity index (χ1v) is 14.1. The van der Waals surface area contributed by atoms with Crippen LogP contribution in [-0.4, -0.2) is 26.3 Å². The number of thioether (sulfide) groups is 1. The lowest BCUT2D eigenvalue weighted by atomic mass is 10.0. The van der Waals surface area contributed by atoms with Crippen molar-refractivity contribution in [2.24, 2.45) is 0 Å². The number of hydrogen-bond donors (Lipinski definition) is 0. The lowest BCUT2D eigenvalue weighted by molar-refractivity contribution is -0.117. The van der Waals surface area contributed by atoms with Gasteiger partial charge in [-0.05, 0) is 42.5 Å². The molecule has 0 radical (unpaired) electrons. The summed E-state index contributed by atoms with van der Waals surface area (Å²) in [5.41, 5.74) is 7.66. The van der Waals surface area contributed by atoms with Crippen LogP contribution >= 0.6 is 11.8 Å². The van der Waals surface area contributed by atoms with E-state index in [1.165, 1.54) is 22.9 Å². The van der Waals surface area contributed by atoms with E-state index in [4.69, 9.17) is 4.98 Å². The molecule has 6 rings (SSSR count). The number of fused-ring (bicyclic) bond motifs is 2. The highest BCUT2D eigenvalue weighted by Gasteiger charge is 2.31. The van der Waals surface area contributed by atoms with Crippen LogP contribution in [0.3, 0.4) is 0 Å². The average molecular weight is 529 g/mol. The van der Waals surface area contributed by atoms with Gasteiger partial charge < -0.3 is 0 Å².